The van der Waals surface area contributed by atoms with Crippen molar-refractivity contribution < 1.29 is 9.47 Å². The molecule has 0 aromatic heterocycles. The van der Waals surface area contributed by atoms with Gasteiger partial charge in [-0.1, -0.05) is 60.4 Å². The van der Waals surface area contributed by atoms with Crippen LogP contribution in [-0.4, -0.2) is 14.2 Å². The van der Waals surface area contributed by atoms with Crippen LogP contribution in [0.1, 0.15) is 24.0 Å². The predicted molar refractivity (Wildman–Crippen MR) is 144 cm³/mol. The van der Waals surface area contributed by atoms with Gasteiger partial charge in [0.2, 0.25) is 0 Å². The normalized spacial score (nSPS) is 15.4. The van der Waals surface area contributed by atoms with Crippen molar-refractivity contribution >= 4 is 11.1 Å². The number of hydrogen-bond acceptors (Lipinski definition) is 4. The van der Waals surface area contributed by atoms with Crippen molar-refractivity contribution in [2.24, 2.45) is 0 Å². The Balaban J connectivity index is 1.78. The first-order valence-corrected chi connectivity index (χ1v) is 11.1. The molecular formula is C32H24N2O2. The molecule has 0 amide bonds. The molecule has 4 nitrogen and oxygen atoms in total. The lowest BCUT2D eigenvalue weighted by atomic mass is 9.95. The van der Waals surface area contributed by atoms with E-state index in [1.54, 1.807) is 38.5 Å². The molecule has 1 aromatic rings. The molecule has 0 heterocycles. The Kier molecular flexibility index (Phi) is 8.73. The lowest BCUT2D eigenvalue weighted by Crippen LogP contribution is -1.98. The van der Waals surface area contributed by atoms with Crippen molar-refractivity contribution in [3.63, 3.8) is 0 Å². The molecule has 0 unspecified atom stereocenters. The maximum Gasteiger partial charge on any atom is 0.127 e. The molecule has 0 saturated carbocycles. The Morgan fingerprint density at radius 1 is 0.750 bits per heavy atom. The molecule has 0 aliphatic heterocycles. The van der Waals surface area contributed by atoms with E-state index in [2.05, 4.69) is 24.0 Å². The Morgan fingerprint density at radius 3 is 1.50 bits per heavy atom. The minimum Gasteiger partial charge on any atom is -0.496 e. The van der Waals surface area contributed by atoms with Crippen LogP contribution < -0.4 is 9.47 Å². The summed E-state index contributed by atoms with van der Waals surface area (Å²) in [6.07, 6.45) is 30.9. The second kappa shape index (κ2) is 12.3. The lowest BCUT2D eigenvalue weighted by Gasteiger charge is -2.17. The van der Waals surface area contributed by atoms with Crippen molar-refractivity contribution in [1.29, 1.82) is 10.5 Å². The smallest absolute Gasteiger partial charge is 0.127 e. The summed E-state index contributed by atoms with van der Waals surface area (Å²) in [5.41, 5.74) is 6.89. The monoisotopic (exact) mass is 468 g/mol. The van der Waals surface area contributed by atoms with Crippen LogP contribution in [0.15, 0.2) is 95.2 Å². The number of ether oxygens (including phenoxy) is 2. The van der Waals surface area contributed by atoms with Gasteiger partial charge in [0.1, 0.15) is 34.8 Å². The van der Waals surface area contributed by atoms with E-state index in [0.717, 1.165) is 57.8 Å². The number of rotatable bonds is 8. The molecule has 0 saturated heterocycles. The molecule has 0 bridgehead atoms. The first kappa shape index (κ1) is 25.5. The van der Waals surface area contributed by atoms with E-state index in [1.165, 1.54) is 0 Å². The van der Waals surface area contributed by atoms with Crippen LogP contribution in [0.5, 0.6) is 11.5 Å². The molecule has 0 N–H and O–H groups in total. The van der Waals surface area contributed by atoms with Crippen LogP contribution in [0.4, 0.5) is 0 Å². The molecule has 2 aliphatic rings. The van der Waals surface area contributed by atoms with Gasteiger partial charge in [-0.15, -0.1) is 12.8 Å². The molecule has 4 heteroatoms. The third kappa shape index (κ3) is 6.04. The summed E-state index contributed by atoms with van der Waals surface area (Å²) in [7, 11) is 3.32. The summed E-state index contributed by atoms with van der Waals surface area (Å²) in [5, 5.41) is 17.9. The number of allylic oxidation sites excluding steroid dienone is 16. The summed E-state index contributed by atoms with van der Waals surface area (Å²) in [6.45, 7) is 0. The first-order valence-electron chi connectivity index (χ1n) is 11.1. The fraction of sp³-hybridized carbons (Fsp3) is 0.125. The van der Waals surface area contributed by atoms with E-state index >= 15 is 0 Å². The predicted octanol–water partition coefficient (Wildman–Crippen LogP) is 6.41. The second-order valence-electron chi connectivity index (χ2n) is 7.86. The molecule has 0 atom stereocenters. The zero-order valence-electron chi connectivity index (χ0n) is 20.2. The minimum atomic E-state index is 0.283. The highest BCUT2D eigenvalue weighted by Gasteiger charge is 2.20. The van der Waals surface area contributed by atoms with Crippen LogP contribution in [-0.2, 0) is 0 Å². The van der Waals surface area contributed by atoms with E-state index in [4.69, 9.17) is 32.8 Å². The highest BCUT2D eigenvalue weighted by Crippen LogP contribution is 2.42. The van der Waals surface area contributed by atoms with Crippen molar-refractivity contribution in [1.82, 2.24) is 0 Å². The molecule has 0 fully saturated rings. The van der Waals surface area contributed by atoms with Crippen LogP contribution in [0, 0.1) is 47.3 Å². The Morgan fingerprint density at radius 2 is 1.17 bits per heavy atom. The minimum absolute atomic E-state index is 0.283. The first-order chi connectivity index (χ1) is 17.6. The van der Waals surface area contributed by atoms with Gasteiger partial charge in [0.25, 0.3) is 0 Å². The molecule has 0 radical (unpaired) electrons. The highest BCUT2D eigenvalue weighted by atomic mass is 16.5. The van der Waals surface area contributed by atoms with Crippen LogP contribution in [0.25, 0.3) is 11.1 Å². The summed E-state index contributed by atoms with van der Waals surface area (Å²) in [5.74, 6) is 6.20. The van der Waals surface area contributed by atoms with E-state index in [-0.39, 0.29) is 11.1 Å². The topological polar surface area (TPSA) is 66.0 Å². The highest BCUT2D eigenvalue weighted by molar-refractivity contribution is 5.83. The maximum absolute atomic E-state index is 8.93. The standard InChI is InChI=1S/C32H24N2O2/c1-5-23(21-33)9-7-11-25-13-15-27(17-25)29-19-32(36-4)30(20-31(29)35-3)28-16-14-26(18-28)12-8-10-24(6-2)22-34/h1-2,7-16,19-20H,17-18H2,3-4H3/b11-7+,12-8+,23-9-,24-10-. The van der Waals surface area contributed by atoms with Crippen molar-refractivity contribution in [2.75, 3.05) is 14.2 Å². The zero-order chi connectivity index (χ0) is 25.9. The Hall–Kier alpha value is -5.16. The number of nitriles is 2. The SMILES string of the molecule is C#C/C(C#N)=C/C=C/C1=CC=C(c2cc(OC)c(C3=CC=C(/C=C/C=C(/C#C)C#N)C3)cc2OC)C1. The van der Waals surface area contributed by atoms with E-state index in [9.17, 15) is 0 Å². The van der Waals surface area contributed by atoms with Crippen LogP contribution in [0.2, 0.25) is 0 Å². The number of hydrogen-bond donors (Lipinski definition) is 0. The Labute approximate surface area is 212 Å². The molecule has 2 aliphatic carbocycles. The third-order valence-corrected chi connectivity index (χ3v) is 5.70. The zero-order valence-corrected chi connectivity index (χ0v) is 20.2. The number of methoxy groups -OCH3 is 2. The average molecular weight is 469 g/mol. The number of nitrogens with zero attached hydrogens (tertiary/aromatic N) is 2. The lowest BCUT2D eigenvalue weighted by molar-refractivity contribution is 0.401. The van der Waals surface area contributed by atoms with Crippen LogP contribution >= 0.6 is 0 Å². The van der Waals surface area contributed by atoms with Gasteiger partial charge in [-0.25, -0.2) is 0 Å². The molecule has 174 valence electrons. The molecule has 1 aromatic carbocycles. The van der Waals surface area contributed by atoms with Gasteiger partial charge in [0.05, 0.1) is 14.2 Å². The molecule has 36 heavy (non-hydrogen) atoms. The van der Waals surface area contributed by atoms with Crippen LogP contribution in [0.3, 0.4) is 0 Å². The molecular weight excluding hydrogens is 444 g/mol. The van der Waals surface area contributed by atoms with E-state index in [0.29, 0.717) is 0 Å². The van der Waals surface area contributed by atoms with Gasteiger partial charge < -0.3 is 9.47 Å². The van der Waals surface area contributed by atoms with Gasteiger partial charge in [0, 0.05) is 11.1 Å². The van der Waals surface area contributed by atoms with Gasteiger partial charge in [-0.3, -0.25) is 0 Å². The van der Waals surface area contributed by atoms with Gasteiger partial charge >= 0.3 is 0 Å². The quantitative estimate of drug-likeness (QED) is 0.251. The van der Waals surface area contributed by atoms with E-state index in [1.807, 2.05) is 48.6 Å². The van der Waals surface area contributed by atoms with Crippen molar-refractivity contribution in [3.05, 3.63) is 106 Å². The maximum atomic E-state index is 8.93. The Bertz CT molecular complexity index is 1330. The van der Waals surface area contributed by atoms with Gasteiger partial charge in [-0.05, 0) is 59.4 Å². The largest absolute Gasteiger partial charge is 0.496 e. The van der Waals surface area contributed by atoms with Gasteiger partial charge in [-0.2, -0.15) is 10.5 Å². The summed E-state index contributed by atoms with van der Waals surface area (Å²) >= 11 is 0. The summed E-state index contributed by atoms with van der Waals surface area (Å²) in [6, 6.07) is 7.95. The molecule has 0 spiro atoms. The van der Waals surface area contributed by atoms with Crippen molar-refractivity contribution in [2.45, 2.75) is 12.8 Å². The average Bonchev–Trinajstić information content (AvgIpc) is 3.58. The second-order valence-corrected chi connectivity index (χ2v) is 7.86. The fourth-order valence-electron chi connectivity index (χ4n) is 3.86. The molecule has 3 rings (SSSR count). The van der Waals surface area contributed by atoms with E-state index < -0.39 is 0 Å². The summed E-state index contributed by atoms with van der Waals surface area (Å²) in [4.78, 5) is 0. The number of terminal acetylenes is 2. The van der Waals surface area contributed by atoms with Crippen molar-refractivity contribution in [3.8, 4) is 48.3 Å². The van der Waals surface area contributed by atoms with Gasteiger partial charge in [0.15, 0.2) is 0 Å². The third-order valence-electron chi connectivity index (χ3n) is 5.70. The summed E-state index contributed by atoms with van der Waals surface area (Å²) < 4.78 is 11.5. The number of benzene rings is 1. The fourth-order valence-corrected chi connectivity index (χ4v) is 3.86.